The van der Waals surface area contributed by atoms with Gasteiger partial charge in [0.25, 0.3) is 0 Å². The fourth-order valence-corrected chi connectivity index (χ4v) is 3.55. The van der Waals surface area contributed by atoms with Crippen molar-refractivity contribution in [1.29, 1.82) is 0 Å². The average Bonchev–Trinajstić information content (AvgIpc) is 3.19. The molecule has 2 aliphatic rings. The van der Waals surface area contributed by atoms with E-state index in [4.69, 9.17) is 11.6 Å². The zero-order valence-corrected chi connectivity index (χ0v) is 13.6. The molecule has 3 atom stereocenters. The normalized spacial score (nSPS) is 26.7. The van der Waals surface area contributed by atoms with Crippen LogP contribution in [-0.4, -0.2) is 34.5 Å². The maximum atomic E-state index is 12.4. The fraction of sp³-hybridized carbons (Fsp3) is 0.312. The summed E-state index contributed by atoms with van der Waals surface area (Å²) in [6, 6.07) is 7.60. The minimum atomic E-state index is -0.310. The molecule has 2 saturated heterocycles. The highest BCUT2D eigenvalue weighted by molar-refractivity contribution is 6.21. The standard InChI is InChI=1S/C16H17ClN6O/c17-15-13(9-22(20-15)11-3-1-5-18-7-11)14-10-23(21-16(14)24)12-4-2-6-19-8-12/h1-8,13-15,20H,9-10H2,(H,21,24). The lowest BCUT2D eigenvalue weighted by Crippen LogP contribution is -2.34. The molecule has 3 unspecified atom stereocenters. The number of hydrogen-bond acceptors (Lipinski definition) is 6. The van der Waals surface area contributed by atoms with Crippen LogP contribution < -0.4 is 20.9 Å². The van der Waals surface area contributed by atoms with E-state index < -0.39 is 0 Å². The van der Waals surface area contributed by atoms with E-state index in [2.05, 4.69) is 20.8 Å². The number of anilines is 2. The van der Waals surface area contributed by atoms with Crippen LogP contribution in [0.5, 0.6) is 0 Å². The highest BCUT2D eigenvalue weighted by Gasteiger charge is 2.44. The Morgan fingerprint density at radius 3 is 2.33 bits per heavy atom. The Bertz CT molecular complexity index is 715. The zero-order valence-electron chi connectivity index (χ0n) is 12.8. The van der Waals surface area contributed by atoms with Crippen molar-refractivity contribution in [2.45, 2.75) is 5.50 Å². The summed E-state index contributed by atoms with van der Waals surface area (Å²) in [5.41, 5.74) is 7.63. The Morgan fingerprint density at radius 2 is 1.71 bits per heavy atom. The molecular formula is C16H17ClN6O. The molecule has 0 aliphatic carbocycles. The lowest BCUT2D eigenvalue weighted by atomic mass is 9.93. The molecule has 0 saturated carbocycles. The summed E-state index contributed by atoms with van der Waals surface area (Å²) in [5, 5.41) is 3.78. The van der Waals surface area contributed by atoms with Gasteiger partial charge in [-0.3, -0.25) is 25.2 Å². The third-order valence-corrected chi connectivity index (χ3v) is 4.86. The van der Waals surface area contributed by atoms with E-state index in [1.807, 2.05) is 34.3 Å². The Hall–Kier alpha value is -2.38. The van der Waals surface area contributed by atoms with Gasteiger partial charge >= 0.3 is 0 Å². The first-order chi connectivity index (χ1) is 11.7. The minimum absolute atomic E-state index is 0.00598. The predicted octanol–water partition coefficient (Wildman–Crippen LogP) is 1.15. The van der Waals surface area contributed by atoms with E-state index >= 15 is 0 Å². The number of carbonyl (C=O) groups is 1. The van der Waals surface area contributed by atoms with E-state index in [9.17, 15) is 4.79 Å². The van der Waals surface area contributed by atoms with Crippen molar-refractivity contribution < 1.29 is 4.79 Å². The van der Waals surface area contributed by atoms with E-state index in [0.29, 0.717) is 13.1 Å². The third kappa shape index (κ3) is 2.76. The SMILES string of the molecule is O=C1NN(c2cccnc2)CC1C1CN(c2cccnc2)NC1Cl. The highest BCUT2D eigenvalue weighted by atomic mass is 35.5. The summed E-state index contributed by atoms with van der Waals surface area (Å²) in [7, 11) is 0. The van der Waals surface area contributed by atoms with Gasteiger partial charge in [-0.1, -0.05) is 0 Å². The first kappa shape index (κ1) is 15.2. The zero-order chi connectivity index (χ0) is 16.5. The quantitative estimate of drug-likeness (QED) is 0.643. The van der Waals surface area contributed by atoms with Gasteiger partial charge in [0.05, 0.1) is 36.2 Å². The van der Waals surface area contributed by atoms with E-state index in [-0.39, 0.29) is 23.2 Å². The van der Waals surface area contributed by atoms with E-state index in [1.165, 1.54) is 0 Å². The molecule has 1 amide bonds. The largest absolute Gasteiger partial charge is 0.305 e. The second-order valence-corrected chi connectivity index (χ2v) is 6.39. The molecule has 2 N–H and O–H groups in total. The smallest absolute Gasteiger partial charge is 0.243 e. The first-order valence-electron chi connectivity index (χ1n) is 7.78. The Labute approximate surface area is 144 Å². The van der Waals surface area contributed by atoms with Gasteiger partial charge in [0.1, 0.15) is 5.50 Å². The van der Waals surface area contributed by atoms with Crippen molar-refractivity contribution >= 4 is 28.9 Å². The molecule has 2 aromatic heterocycles. The van der Waals surface area contributed by atoms with Crippen molar-refractivity contribution in [1.82, 2.24) is 20.8 Å². The van der Waals surface area contributed by atoms with Gasteiger partial charge in [-0.25, -0.2) is 5.43 Å². The van der Waals surface area contributed by atoms with Crippen LogP contribution in [0.2, 0.25) is 0 Å². The van der Waals surface area contributed by atoms with Crippen LogP contribution in [0.4, 0.5) is 11.4 Å². The number of nitrogens with one attached hydrogen (secondary N) is 2. The van der Waals surface area contributed by atoms with Crippen LogP contribution in [0, 0.1) is 11.8 Å². The van der Waals surface area contributed by atoms with Gasteiger partial charge in [0.15, 0.2) is 0 Å². The minimum Gasteiger partial charge on any atom is -0.305 e. The summed E-state index contributed by atoms with van der Waals surface area (Å²) in [5.74, 6) is -0.209. The Kier molecular flexibility index (Phi) is 3.95. The molecule has 0 aromatic carbocycles. The lowest BCUT2D eigenvalue weighted by Gasteiger charge is -2.19. The number of alkyl halides is 1. The van der Waals surface area contributed by atoms with Gasteiger partial charge in [-0.15, -0.1) is 11.6 Å². The monoisotopic (exact) mass is 344 g/mol. The Morgan fingerprint density at radius 1 is 1.04 bits per heavy atom. The highest BCUT2D eigenvalue weighted by Crippen LogP contribution is 2.32. The summed E-state index contributed by atoms with van der Waals surface area (Å²) in [6.45, 7) is 1.22. The molecule has 8 heteroatoms. The topological polar surface area (TPSA) is 73.4 Å². The van der Waals surface area contributed by atoms with Gasteiger partial charge in [-0.05, 0) is 24.3 Å². The average molecular weight is 345 g/mol. The van der Waals surface area contributed by atoms with Crippen molar-refractivity contribution in [3.63, 3.8) is 0 Å². The maximum absolute atomic E-state index is 12.4. The molecule has 2 aliphatic heterocycles. The van der Waals surface area contributed by atoms with Crippen LogP contribution in [0.15, 0.2) is 49.1 Å². The van der Waals surface area contributed by atoms with Crippen molar-refractivity contribution in [3.8, 4) is 0 Å². The molecule has 0 bridgehead atoms. The predicted molar refractivity (Wildman–Crippen MR) is 91.1 cm³/mol. The third-order valence-electron chi connectivity index (χ3n) is 4.44. The number of aromatic nitrogens is 2. The number of hydrazine groups is 2. The number of rotatable bonds is 3. The summed E-state index contributed by atoms with van der Waals surface area (Å²) < 4.78 is 0. The number of hydrogen-bond donors (Lipinski definition) is 2. The molecule has 0 spiro atoms. The Balaban J connectivity index is 1.49. The first-order valence-corrected chi connectivity index (χ1v) is 8.22. The van der Waals surface area contributed by atoms with Crippen LogP contribution in [0.25, 0.3) is 0 Å². The molecule has 2 aromatic rings. The molecular weight excluding hydrogens is 328 g/mol. The number of halogens is 1. The molecule has 2 fully saturated rings. The van der Waals surface area contributed by atoms with Gasteiger partial charge in [0, 0.05) is 24.9 Å². The molecule has 4 heterocycles. The number of carbonyl (C=O) groups excluding carboxylic acids is 1. The van der Waals surface area contributed by atoms with Crippen molar-refractivity contribution in [2.24, 2.45) is 11.8 Å². The second kappa shape index (κ2) is 6.26. The van der Waals surface area contributed by atoms with Gasteiger partial charge in [-0.2, -0.15) is 0 Å². The molecule has 7 nitrogen and oxygen atoms in total. The summed E-state index contributed by atoms with van der Waals surface area (Å²) in [4.78, 5) is 20.7. The number of pyridine rings is 2. The summed E-state index contributed by atoms with van der Waals surface area (Å²) >= 11 is 6.48. The molecule has 4 rings (SSSR count). The van der Waals surface area contributed by atoms with Crippen LogP contribution in [0.1, 0.15) is 0 Å². The van der Waals surface area contributed by atoms with Crippen molar-refractivity contribution in [3.05, 3.63) is 49.1 Å². The second-order valence-electron chi connectivity index (χ2n) is 5.92. The molecule has 24 heavy (non-hydrogen) atoms. The number of amides is 1. The number of nitrogens with zero attached hydrogens (tertiary/aromatic N) is 4. The fourth-order valence-electron chi connectivity index (χ4n) is 3.18. The molecule has 0 radical (unpaired) electrons. The van der Waals surface area contributed by atoms with Gasteiger partial charge < -0.3 is 5.01 Å². The molecule has 124 valence electrons. The van der Waals surface area contributed by atoms with E-state index in [1.54, 1.807) is 24.8 Å². The van der Waals surface area contributed by atoms with E-state index in [0.717, 1.165) is 11.4 Å². The summed E-state index contributed by atoms with van der Waals surface area (Å²) in [6.07, 6.45) is 6.94. The van der Waals surface area contributed by atoms with Crippen LogP contribution in [0.3, 0.4) is 0 Å². The van der Waals surface area contributed by atoms with Crippen LogP contribution >= 0.6 is 11.6 Å². The van der Waals surface area contributed by atoms with Gasteiger partial charge in [0.2, 0.25) is 5.91 Å². The maximum Gasteiger partial charge on any atom is 0.243 e. The lowest BCUT2D eigenvalue weighted by molar-refractivity contribution is -0.123. The van der Waals surface area contributed by atoms with Crippen LogP contribution in [-0.2, 0) is 4.79 Å². The van der Waals surface area contributed by atoms with Crippen molar-refractivity contribution in [2.75, 3.05) is 23.1 Å².